The van der Waals surface area contributed by atoms with E-state index in [2.05, 4.69) is 10.1 Å². The van der Waals surface area contributed by atoms with Gasteiger partial charge in [-0.3, -0.25) is 9.67 Å². The zero-order valence-electron chi connectivity index (χ0n) is 11.8. The Balaban J connectivity index is 2.11. The molecule has 0 amide bonds. The summed E-state index contributed by atoms with van der Waals surface area (Å²) in [6, 6.07) is 10.7. The zero-order valence-corrected chi connectivity index (χ0v) is 11.8. The fourth-order valence-electron chi connectivity index (χ4n) is 2.47. The standard InChI is InChI=1S/C16H15N3O2/c1-10-7-11(2)19(18-10)9-12-8-14(16(20)21)13-5-3-4-6-15(13)17-12/h3-8H,9H2,1-2H3,(H,20,21)/p-1. The van der Waals surface area contributed by atoms with Crippen molar-refractivity contribution in [3.8, 4) is 0 Å². The average molecular weight is 280 g/mol. The molecule has 0 bridgehead atoms. The molecule has 3 aromatic rings. The first-order chi connectivity index (χ1) is 10.0. The largest absolute Gasteiger partial charge is 0.545 e. The van der Waals surface area contributed by atoms with Crippen LogP contribution in [-0.2, 0) is 6.54 Å². The monoisotopic (exact) mass is 280 g/mol. The molecule has 0 spiro atoms. The van der Waals surface area contributed by atoms with Crippen molar-refractivity contribution in [2.24, 2.45) is 0 Å². The molecular weight excluding hydrogens is 266 g/mol. The molecule has 5 heteroatoms. The highest BCUT2D eigenvalue weighted by molar-refractivity contribution is 6.01. The van der Waals surface area contributed by atoms with E-state index in [-0.39, 0.29) is 5.56 Å². The van der Waals surface area contributed by atoms with E-state index in [9.17, 15) is 9.90 Å². The lowest BCUT2D eigenvalue weighted by molar-refractivity contribution is -0.254. The number of hydrogen-bond donors (Lipinski definition) is 0. The quantitative estimate of drug-likeness (QED) is 0.728. The first-order valence-corrected chi connectivity index (χ1v) is 6.65. The number of carboxylic acid groups (broad SMARTS) is 1. The molecule has 2 aromatic heterocycles. The molecule has 0 N–H and O–H groups in total. The molecule has 0 fully saturated rings. The van der Waals surface area contributed by atoms with E-state index in [1.807, 2.05) is 30.7 Å². The van der Waals surface area contributed by atoms with Gasteiger partial charge >= 0.3 is 0 Å². The third kappa shape index (κ3) is 2.50. The predicted molar refractivity (Wildman–Crippen MR) is 76.9 cm³/mol. The van der Waals surface area contributed by atoms with Crippen LogP contribution in [0.25, 0.3) is 10.9 Å². The van der Waals surface area contributed by atoms with Crippen LogP contribution in [0.15, 0.2) is 36.4 Å². The fraction of sp³-hybridized carbons (Fsp3) is 0.188. The van der Waals surface area contributed by atoms with Gasteiger partial charge in [0.25, 0.3) is 0 Å². The summed E-state index contributed by atoms with van der Waals surface area (Å²) in [5, 5.41) is 16.3. The number of pyridine rings is 1. The second kappa shape index (κ2) is 5.01. The van der Waals surface area contributed by atoms with Gasteiger partial charge in [0.15, 0.2) is 0 Å². The van der Waals surface area contributed by atoms with Crippen molar-refractivity contribution in [3.05, 3.63) is 59.0 Å². The van der Waals surface area contributed by atoms with Gasteiger partial charge in [-0.05, 0) is 32.0 Å². The van der Waals surface area contributed by atoms with Crippen molar-refractivity contribution in [2.45, 2.75) is 20.4 Å². The number of rotatable bonds is 3. The molecule has 3 rings (SSSR count). The van der Waals surface area contributed by atoms with Crippen LogP contribution < -0.4 is 5.11 Å². The Kier molecular flexibility index (Phi) is 3.17. The van der Waals surface area contributed by atoms with Crippen LogP contribution >= 0.6 is 0 Å². The minimum Gasteiger partial charge on any atom is -0.545 e. The predicted octanol–water partition coefficient (Wildman–Crippen LogP) is 1.46. The van der Waals surface area contributed by atoms with Gasteiger partial charge in [0.2, 0.25) is 0 Å². The van der Waals surface area contributed by atoms with Gasteiger partial charge in [-0.15, -0.1) is 0 Å². The number of carbonyl (C=O) groups is 1. The molecule has 2 heterocycles. The molecule has 106 valence electrons. The molecule has 0 unspecified atom stereocenters. The molecule has 0 aliphatic heterocycles. The fourth-order valence-corrected chi connectivity index (χ4v) is 2.47. The zero-order chi connectivity index (χ0) is 15.0. The number of aromatic carboxylic acids is 1. The van der Waals surface area contributed by atoms with Crippen LogP contribution in [0, 0.1) is 13.8 Å². The van der Waals surface area contributed by atoms with Gasteiger partial charge in [-0.2, -0.15) is 5.10 Å². The topological polar surface area (TPSA) is 70.8 Å². The molecule has 0 aliphatic carbocycles. The maximum absolute atomic E-state index is 11.3. The number of carbonyl (C=O) groups excluding carboxylic acids is 1. The van der Waals surface area contributed by atoms with Crippen LogP contribution in [0.3, 0.4) is 0 Å². The summed E-state index contributed by atoms with van der Waals surface area (Å²) in [5.41, 5.74) is 3.40. The lowest BCUT2D eigenvalue weighted by Crippen LogP contribution is -2.23. The maximum atomic E-state index is 11.3. The van der Waals surface area contributed by atoms with E-state index in [0.717, 1.165) is 11.4 Å². The smallest absolute Gasteiger partial charge is 0.0834 e. The third-order valence-corrected chi connectivity index (χ3v) is 3.40. The molecule has 21 heavy (non-hydrogen) atoms. The Bertz CT molecular complexity index is 837. The Morgan fingerprint density at radius 1 is 1.24 bits per heavy atom. The number of carboxylic acids is 1. The lowest BCUT2D eigenvalue weighted by atomic mass is 10.1. The van der Waals surface area contributed by atoms with Gasteiger partial charge in [0.1, 0.15) is 0 Å². The number of para-hydroxylation sites is 1. The Hall–Kier alpha value is -2.69. The van der Waals surface area contributed by atoms with E-state index >= 15 is 0 Å². The van der Waals surface area contributed by atoms with Crippen LogP contribution in [0.2, 0.25) is 0 Å². The second-order valence-electron chi connectivity index (χ2n) is 5.05. The SMILES string of the molecule is Cc1cc(C)n(Cc2cc(C(=O)[O-])c3ccccc3n2)n1. The summed E-state index contributed by atoms with van der Waals surface area (Å²) in [6.07, 6.45) is 0. The van der Waals surface area contributed by atoms with Crippen molar-refractivity contribution < 1.29 is 9.90 Å². The molecule has 0 atom stereocenters. The first-order valence-electron chi connectivity index (χ1n) is 6.65. The van der Waals surface area contributed by atoms with Crippen molar-refractivity contribution in [2.75, 3.05) is 0 Å². The summed E-state index contributed by atoms with van der Waals surface area (Å²) in [6.45, 7) is 4.31. The molecule has 0 aliphatic rings. The van der Waals surface area contributed by atoms with Crippen LogP contribution in [0.1, 0.15) is 27.4 Å². The highest BCUT2D eigenvalue weighted by Gasteiger charge is 2.08. The van der Waals surface area contributed by atoms with Crippen molar-refractivity contribution in [3.63, 3.8) is 0 Å². The van der Waals surface area contributed by atoms with E-state index in [1.54, 1.807) is 24.3 Å². The van der Waals surface area contributed by atoms with Gasteiger partial charge < -0.3 is 9.90 Å². The van der Waals surface area contributed by atoms with Crippen LogP contribution in [0.5, 0.6) is 0 Å². The number of fused-ring (bicyclic) bond motifs is 1. The van der Waals surface area contributed by atoms with Crippen LogP contribution in [-0.4, -0.2) is 20.7 Å². The number of aryl methyl sites for hydroxylation is 2. The maximum Gasteiger partial charge on any atom is 0.0834 e. The first kappa shape index (κ1) is 13.3. The Morgan fingerprint density at radius 2 is 2.00 bits per heavy atom. The van der Waals surface area contributed by atoms with E-state index in [0.29, 0.717) is 23.1 Å². The summed E-state index contributed by atoms with van der Waals surface area (Å²) in [4.78, 5) is 15.8. The number of benzene rings is 1. The molecule has 5 nitrogen and oxygen atoms in total. The molecule has 0 saturated carbocycles. The normalized spacial score (nSPS) is 11.0. The van der Waals surface area contributed by atoms with Gasteiger partial charge in [-0.25, -0.2) is 0 Å². The minimum atomic E-state index is -1.19. The summed E-state index contributed by atoms with van der Waals surface area (Å²) in [5.74, 6) is -1.19. The highest BCUT2D eigenvalue weighted by atomic mass is 16.4. The number of hydrogen-bond acceptors (Lipinski definition) is 4. The van der Waals surface area contributed by atoms with Crippen molar-refractivity contribution in [1.29, 1.82) is 0 Å². The highest BCUT2D eigenvalue weighted by Crippen LogP contribution is 2.18. The van der Waals surface area contributed by atoms with Crippen molar-refractivity contribution >= 4 is 16.9 Å². The van der Waals surface area contributed by atoms with Gasteiger partial charge in [-0.1, -0.05) is 18.2 Å². The Morgan fingerprint density at radius 3 is 2.67 bits per heavy atom. The molecule has 0 saturated heterocycles. The third-order valence-electron chi connectivity index (χ3n) is 3.40. The molecule has 0 radical (unpaired) electrons. The van der Waals surface area contributed by atoms with Crippen molar-refractivity contribution in [1.82, 2.24) is 14.8 Å². The number of nitrogens with zero attached hydrogens (tertiary/aromatic N) is 3. The van der Waals surface area contributed by atoms with E-state index < -0.39 is 5.97 Å². The summed E-state index contributed by atoms with van der Waals surface area (Å²) >= 11 is 0. The van der Waals surface area contributed by atoms with Gasteiger partial charge in [0.05, 0.1) is 29.4 Å². The molecule has 1 aromatic carbocycles. The summed E-state index contributed by atoms with van der Waals surface area (Å²) < 4.78 is 1.81. The van der Waals surface area contributed by atoms with E-state index in [1.165, 1.54) is 0 Å². The number of aromatic nitrogens is 3. The average Bonchev–Trinajstić information content (AvgIpc) is 2.76. The van der Waals surface area contributed by atoms with Crippen LogP contribution in [0.4, 0.5) is 0 Å². The molecular formula is C16H14N3O2-. The minimum absolute atomic E-state index is 0.164. The Labute approximate surface area is 121 Å². The second-order valence-corrected chi connectivity index (χ2v) is 5.05. The summed E-state index contributed by atoms with van der Waals surface area (Å²) in [7, 11) is 0. The van der Waals surface area contributed by atoms with Gasteiger partial charge in [0, 0.05) is 16.6 Å². The van der Waals surface area contributed by atoms with E-state index in [4.69, 9.17) is 0 Å². The lowest BCUT2D eigenvalue weighted by Gasteiger charge is -2.11.